The molecule has 0 saturated heterocycles. The summed E-state index contributed by atoms with van der Waals surface area (Å²) < 4.78 is 1.04. The molecule has 0 amide bonds. The normalized spacial score (nSPS) is 8.21. The molecule has 0 spiro atoms. The predicted molar refractivity (Wildman–Crippen MR) is 62.1 cm³/mol. The average Bonchev–Trinajstić information content (AvgIpc) is 2.22. The molecule has 0 aliphatic carbocycles. The van der Waals surface area contributed by atoms with Gasteiger partial charge in [-0.2, -0.15) is 10.5 Å². The first-order chi connectivity index (χ1) is 6.77. The van der Waals surface area contributed by atoms with E-state index in [9.17, 15) is 0 Å². The molecule has 1 N–H and O–H groups in total. The third-order valence-electron chi connectivity index (χ3n) is 1.49. The predicted octanol–water partition coefficient (Wildman–Crippen LogP) is 2.63. The molecule has 0 saturated carbocycles. The molecule has 68 valence electrons. The zero-order valence-corrected chi connectivity index (χ0v) is 9.32. The van der Waals surface area contributed by atoms with E-state index in [4.69, 9.17) is 10.5 Å². The quantitative estimate of drug-likeness (QED) is 0.674. The molecule has 0 unspecified atom stereocenters. The van der Waals surface area contributed by atoms with Crippen molar-refractivity contribution in [3.05, 3.63) is 39.6 Å². The number of allylic oxidation sites excluding steroid dienone is 1. The van der Waals surface area contributed by atoms with Gasteiger partial charge in [0, 0.05) is 9.77 Å². The van der Waals surface area contributed by atoms with Gasteiger partial charge < -0.3 is 5.32 Å². The van der Waals surface area contributed by atoms with Gasteiger partial charge in [-0.05, 0) is 34.7 Å². The topological polar surface area (TPSA) is 59.6 Å². The molecular formula is C10H6IN3. The van der Waals surface area contributed by atoms with Crippen molar-refractivity contribution in [2.45, 2.75) is 0 Å². The molecule has 0 radical (unpaired) electrons. The van der Waals surface area contributed by atoms with E-state index in [1.807, 2.05) is 24.3 Å². The summed E-state index contributed by atoms with van der Waals surface area (Å²) in [7, 11) is 0. The summed E-state index contributed by atoms with van der Waals surface area (Å²) in [6.45, 7) is 0. The summed E-state index contributed by atoms with van der Waals surface area (Å²) in [6, 6.07) is 11.2. The summed E-state index contributed by atoms with van der Waals surface area (Å²) in [5, 5.41) is 19.9. The van der Waals surface area contributed by atoms with E-state index in [2.05, 4.69) is 27.9 Å². The Hall–Kier alpha value is -1.53. The Bertz CT molecular complexity index is 421. The standard InChI is InChI=1S/C10H6IN3/c11-9-3-1-2-4-10(9)14-7-8(5-12)6-13/h1-4,7,14H. The molecule has 0 bridgehead atoms. The lowest BCUT2D eigenvalue weighted by molar-refractivity contribution is 1.44. The highest BCUT2D eigenvalue weighted by molar-refractivity contribution is 14.1. The first-order valence-electron chi connectivity index (χ1n) is 3.79. The van der Waals surface area contributed by atoms with Crippen molar-refractivity contribution in [1.82, 2.24) is 0 Å². The number of nitriles is 2. The van der Waals surface area contributed by atoms with Crippen LogP contribution in [0.5, 0.6) is 0 Å². The van der Waals surface area contributed by atoms with Crippen LogP contribution in [0.2, 0.25) is 0 Å². The number of rotatable bonds is 2. The average molecular weight is 295 g/mol. The lowest BCUT2D eigenvalue weighted by atomic mass is 10.3. The number of nitrogens with zero attached hydrogens (tertiary/aromatic N) is 2. The van der Waals surface area contributed by atoms with Crippen LogP contribution in [0.3, 0.4) is 0 Å². The molecule has 0 aliphatic rings. The van der Waals surface area contributed by atoms with Gasteiger partial charge >= 0.3 is 0 Å². The van der Waals surface area contributed by atoms with Crippen molar-refractivity contribution in [1.29, 1.82) is 10.5 Å². The summed E-state index contributed by atoms with van der Waals surface area (Å²) in [5.41, 5.74) is 0.945. The summed E-state index contributed by atoms with van der Waals surface area (Å²) in [4.78, 5) is 0. The van der Waals surface area contributed by atoms with Crippen LogP contribution >= 0.6 is 22.6 Å². The van der Waals surface area contributed by atoms with E-state index in [0.717, 1.165) is 9.26 Å². The highest BCUT2D eigenvalue weighted by atomic mass is 127. The van der Waals surface area contributed by atoms with Gasteiger partial charge in [0.15, 0.2) is 0 Å². The molecule has 4 heteroatoms. The van der Waals surface area contributed by atoms with Crippen LogP contribution in [0.4, 0.5) is 5.69 Å². The minimum atomic E-state index is 0.0599. The van der Waals surface area contributed by atoms with E-state index < -0.39 is 0 Å². The fraction of sp³-hybridized carbons (Fsp3) is 0. The number of nitrogens with one attached hydrogen (secondary N) is 1. The van der Waals surface area contributed by atoms with Gasteiger partial charge in [-0.3, -0.25) is 0 Å². The largest absolute Gasteiger partial charge is 0.359 e. The second-order valence-electron chi connectivity index (χ2n) is 2.41. The number of benzene rings is 1. The highest BCUT2D eigenvalue weighted by Crippen LogP contribution is 2.16. The Labute approximate surface area is 95.8 Å². The van der Waals surface area contributed by atoms with Gasteiger partial charge in [-0.25, -0.2) is 0 Å². The Balaban J connectivity index is 2.83. The van der Waals surface area contributed by atoms with Crippen LogP contribution in [0.1, 0.15) is 0 Å². The Kier molecular flexibility index (Phi) is 3.96. The van der Waals surface area contributed by atoms with Crippen LogP contribution < -0.4 is 5.32 Å². The van der Waals surface area contributed by atoms with E-state index in [-0.39, 0.29) is 5.57 Å². The zero-order chi connectivity index (χ0) is 10.4. The second kappa shape index (κ2) is 5.25. The van der Waals surface area contributed by atoms with Gasteiger partial charge in [-0.15, -0.1) is 0 Å². The van der Waals surface area contributed by atoms with Gasteiger partial charge in [0.2, 0.25) is 0 Å². The van der Waals surface area contributed by atoms with Crippen molar-refractivity contribution in [3.8, 4) is 12.1 Å². The Morgan fingerprint density at radius 1 is 1.29 bits per heavy atom. The monoisotopic (exact) mass is 295 g/mol. The van der Waals surface area contributed by atoms with E-state index in [1.165, 1.54) is 6.20 Å². The number of hydrogen-bond acceptors (Lipinski definition) is 3. The van der Waals surface area contributed by atoms with Crippen molar-refractivity contribution in [2.24, 2.45) is 0 Å². The number of hydrogen-bond donors (Lipinski definition) is 1. The minimum Gasteiger partial charge on any atom is -0.359 e. The molecule has 0 aliphatic heterocycles. The molecule has 1 aromatic carbocycles. The summed E-state index contributed by atoms with van der Waals surface area (Å²) >= 11 is 2.17. The molecule has 0 atom stereocenters. The van der Waals surface area contributed by atoms with E-state index >= 15 is 0 Å². The lowest BCUT2D eigenvalue weighted by Crippen LogP contribution is -1.91. The van der Waals surface area contributed by atoms with Crippen molar-refractivity contribution >= 4 is 28.3 Å². The van der Waals surface area contributed by atoms with Crippen molar-refractivity contribution in [2.75, 3.05) is 5.32 Å². The fourth-order valence-corrected chi connectivity index (χ4v) is 1.36. The zero-order valence-electron chi connectivity index (χ0n) is 7.16. The third kappa shape index (κ3) is 2.75. The molecule has 1 aromatic rings. The first kappa shape index (κ1) is 10.6. The maximum atomic E-state index is 8.49. The molecular weight excluding hydrogens is 289 g/mol. The fourth-order valence-electron chi connectivity index (χ4n) is 0.818. The van der Waals surface area contributed by atoms with Crippen molar-refractivity contribution in [3.63, 3.8) is 0 Å². The number of halogens is 1. The van der Waals surface area contributed by atoms with Crippen LogP contribution in [-0.4, -0.2) is 0 Å². The van der Waals surface area contributed by atoms with Gasteiger partial charge in [0.25, 0.3) is 0 Å². The number of anilines is 1. The first-order valence-corrected chi connectivity index (χ1v) is 4.87. The van der Waals surface area contributed by atoms with Gasteiger partial charge in [0.1, 0.15) is 17.7 Å². The smallest absolute Gasteiger partial charge is 0.145 e. The maximum absolute atomic E-state index is 8.49. The Morgan fingerprint density at radius 3 is 2.50 bits per heavy atom. The van der Waals surface area contributed by atoms with E-state index in [0.29, 0.717) is 0 Å². The molecule has 0 aromatic heterocycles. The molecule has 0 fully saturated rings. The summed E-state index contributed by atoms with van der Waals surface area (Å²) in [6.07, 6.45) is 1.40. The Morgan fingerprint density at radius 2 is 1.93 bits per heavy atom. The molecule has 0 heterocycles. The van der Waals surface area contributed by atoms with Crippen LogP contribution in [0.25, 0.3) is 0 Å². The molecule has 1 rings (SSSR count). The molecule has 3 nitrogen and oxygen atoms in total. The molecule has 14 heavy (non-hydrogen) atoms. The van der Waals surface area contributed by atoms with E-state index in [1.54, 1.807) is 12.1 Å². The van der Waals surface area contributed by atoms with Gasteiger partial charge in [0.05, 0.1) is 5.69 Å². The lowest BCUT2D eigenvalue weighted by Gasteiger charge is -2.02. The van der Waals surface area contributed by atoms with Gasteiger partial charge in [-0.1, -0.05) is 12.1 Å². The SMILES string of the molecule is N#CC(C#N)=CNc1ccccc1I. The minimum absolute atomic E-state index is 0.0599. The maximum Gasteiger partial charge on any atom is 0.145 e. The highest BCUT2D eigenvalue weighted by Gasteiger charge is 1.95. The second-order valence-corrected chi connectivity index (χ2v) is 3.57. The third-order valence-corrected chi connectivity index (χ3v) is 2.43. The van der Waals surface area contributed by atoms with Crippen LogP contribution in [-0.2, 0) is 0 Å². The van der Waals surface area contributed by atoms with Crippen molar-refractivity contribution < 1.29 is 0 Å². The number of para-hydroxylation sites is 1. The summed E-state index contributed by atoms with van der Waals surface area (Å²) in [5.74, 6) is 0. The van der Waals surface area contributed by atoms with Crippen LogP contribution in [0, 0.1) is 26.2 Å². The van der Waals surface area contributed by atoms with Crippen LogP contribution in [0.15, 0.2) is 36.0 Å².